The van der Waals surface area contributed by atoms with Crippen molar-refractivity contribution < 1.29 is 37.9 Å². The number of carbonyl (C=O) groups excluding carboxylic acids is 2. The minimum absolute atomic E-state index is 0.206. The van der Waals surface area contributed by atoms with Crippen LogP contribution in [-0.2, 0) is 28.2 Å². The number of unbranched alkanes of at least 4 members (excludes halogenated alkanes) is 25. The summed E-state index contributed by atoms with van der Waals surface area (Å²) in [4.78, 5) is 42.8. The van der Waals surface area contributed by atoms with Gasteiger partial charge in [-0.1, -0.05) is 179 Å². The van der Waals surface area contributed by atoms with E-state index >= 15 is 0 Å². The molecule has 0 spiro atoms. The van der Waals surface area contributed by atoms with Gasteiger partial charge in [0, 0.05) is 12.8 Å². The van der Waals surface area contributed by atoms with Crippen LogP contribution in [0.2, 0.25) is 0 Å². The van der Waals surface area contributed by atoms with Gasteiger partial charge in [0.2, 0.25) is 0 Å². The Hall–Kier alpha value is -1.47. The van der Waals surface area contributed by atoms with Crippen LogP contribution in [0.15, 0.2) is 24.3 Å². The first-order valence-corrected chi connectivity index (χ1v) is 22.7. The lowest BCUT2D eigenvalue weighted by atomic mass is 10.0. The van der Waals surface area contributed by atoms with Gasteiger partial charge in [0.05, 0.1) is 6.61 Å². The van der Waals surface area contributed by atoms with Gasteiger partial charge in [-0.05, 0) is 44.9 Å². The van der Waals surface area contributed by atoms with Crippen LogP contribution in [0.3, 0.4) is 0 Å². The Kier molecular flexibility index (Phi) is 37.2. The van der Waals surface area contributed by atoms with Crippen molar-refractivity contribution in [2.24, 2.45) is 0 Å². The molecule has 0 amide bonds. The van der Waals surface area contributed by atoms with Gasteiger partial charge < -0.3 is 19.3 Å². The van der Waals surface area contributed by atoms with Crippen LogP contribution in [0.5, 0.6) is 0 Å². The maximum atomic E-state index is 12.4. The van der Waals surface area contributed by atoms with Gasteiger partial charge in [-0.25, -0.2) is 4.57 Å². The second kappa shape index (κ2) is 38.3. The third-order valence-corrected chi connectivity index (χ3v) is 9.71. The zero-order valence-corrected chi connectivity index (χ0v) is 33.9. The molecule has 0 radical (unpaired) electrons. The van der Waals surface area contributed by atoms with Crippen LogP contribution in [0.25, 0.3) is 0 Å². The summed E-state index contributed by atoms with van der Waals surface area (Å²) >= 11 is 0. The summed E-state index contributed by atoms with van der Waals surface area (Å²) < 4.78 is 26.4. The number of phosphoric ester groups is 1. The second-order valence-corrected chi connectivity index (χ2v) is 15.6. The van der Waals surface area contributed by atoms with E-state index in [2.05, 4.69) is 42.7 Å². The van der Waals surface area contributed by atoms with E-state index in [1.165, 1.54) is 128 Å². The maximum Gasteiger partial charge on any atom is 0.469 e. The Morgan fingerprint density at radius 1 is 0.510 bits per heavy atom. The summed E-state index contributed by atoms with van der Waals surface area (Å²) in [6, 6.07) is 0. The number of hydrogen-bond donors (Lipinski definition) is 2. The highest BCUT2D eigenvalue weighted by Gasteiger charge is 2.22. The lowest BCUT2D eigenvalue weighted by Crippen LogP contribution is -2.29. The molecule has 8 nitrogen and oxygen atoms in total. The number of hydrogen-bond acceptors (Lipinski definition) is 6. The van der Waals surface area contributed by atoms with Crippen LogP contribution in [-0.4, -0.2) is 41.0 Å². The third-order valence-electron chi connectivity index (χ3n) is 9.22. The van der Waals surface area contributed by atoms with Crippen molar-refractivity contribution >= 4 is 19.8 Å². The third kappa shape index (κ3) is 41.2. The zero-order valence-electron chi connectivity index (χ0n) is 33.0. The molecule has 2 N–H and O–H groups in total. The fourth-order valence-electron chi connectivity index (χ4n) is 6.05. The monoisotopic (exact) mass is 743 g/mol. The van der Waals surface area contributed by atoms with Gasteiger partial charge in [0.15, 0.2) is 6.10 Å². The number of ether oxygens (including phenoxy) is 2. The van der Waals surface area contributed by atoms with E-state index < -0.39 is 32.5 Å². The molecule has 0 aliphatic carbocycles. The Bertz CT molecular complexity index is 884. The Morgan fingerprint density at radius 2 is 0.882 bits per heavy atom. The van der Waals surface area contributed by atoms with Crippen LogP contribution in [0, 0.1) is 0 Å². The SMILES string of the molecule is CCCCC/C=C\C/C=C\CCCCCCCCCC(=O)O[C@H](COC(=O)CCCCCCCCCCCCCCCCCC)COP(=O)(O)O. The van der Waals surface area contributed by atoms with Gasteiger partial charge >= 0.3 is 19.8 Å². The molecular weight excluding hydrogens is 663 g/mol. The quantitative estimate of drug-likeness (QED) is 0.0276. The lowest BCUT2D eigenvalue weighted by Gasteiger charge is -2.18. The molecule has 0 aliphatic heterocycles. The van der Waals surface area contributed by atoms with Crippen molar-refractivity contribution in [3.63, 3.8) is 0 Å². The van der Waals surface area contributed by atoms with E-state index in [1.807, 2.05) is 0 Å². The van der Waals surface area contributed by atoms with E-state index in [9.17, 15) is 14.2 Å². The Morgan fingerprint density at radius 3 is 1.33 bits per heavy atom. The van der Waals surface area contributed by atoms with Gasteiger partial charge in [-0.2, -0.15) is 0 Å². The highest BCUT2D eigenvalue weighted by molar-refractivity contribution is 7.46. The van der Waals surface area contributed by atoms with E-state index in [1.54, 1.807) is 0 Å². The van der Waals surface area contributed by atoms with E-state index in [0.717, 1.165) is 51.4 Å². The average Bonchev–Trinajstić information content (AvgIpc) is 3.10. The van der Waals surface area contributed by atoms with Gasteiger partial charge in [-0.15, -0.1) is 0 Å². The molecule has 0 heterocycles. The van der Waals surface area contributed by atoms with E-state index in [4.69, 9.17) is 19.3 Å². The predicted octanol–water partition coefficient (Wildman–Crippen LogP) is 12.8. The van der Waals surface area contributed by atoms with Gasteiger partial charge in [0.1, 0.15) is 6.61 Å². The summed E-state index contributed by atoms with van der Waals surface area (Å²) in [7, 11) is -4.75. The molecular formula is C42H79O8P. The van der Waals surface area contributed by atoms with Gasteiger partial charge in [0.25, 0.3) is 0 Å². The van der Waals surface area contributed by atoms with E-state index in [0.29, 0.717) is 6.42 Å². The molecule has 0 saturated carbocycles. The minimum Gasteiger partial charge on any atom is -0.462 e. The normalized spacial score (nSPS) is 12.6. The fourth-order valence-corrected chi connectivity index (χ4v) is 6.41. The highest BCUT2D eigenvalue weighted by Crippen LogP contribution is 2.36. The first kappa shape index (κ1) is 49.5. The molecule has 0 aromatic rings. The fraction of sp³-hybridized carbons (Fsp3) is 0.857. The Balaban J connectivity index is 3.90. The minimum atomic E-state index is -4.75. The first-order valence-electron chi connectivity index (χ1n) is 21.1. The van der Waals surface area contributed by atoms with Crippen LogP contribution in [0.4, 0.5) is 0 Å². The lowest BCUT2D eigenvalue weighted by molar-refractivity contribution is -0.161. The van der Waals surface area contributed by atoms with Crippen molar-refractivity contribution in [1.29, 1.82) is 0 Å². The topological polar surface area (TPSA) is 119 Å². The molecule has 300 valence electrons. The average molecular weight is 743 g/mol. The standard InChI is InChI=1S/C42H79O8P/c1-3-5-7-9-11-13-15-17-19-21-23-25-27-29-31-33-35-37-42(44)50-40(39-49-51(45,46)47)38-48-41(43)36-34-32-30-28-26-24-22-20-18-16-14-12-10-8-6-4-2/h11,13,17,19,40H,3-10,12,14-16,18,20-39H2,1-2H3,(H2,45,46,47)/b13-11-,19-17-/t40-/m1/s1. The Labute approximate surface area is 313 Å². The number of phosphoric acid groups is 1. The smallest absolute Gasteiger partial charge is 0.462 e. The maximum absolute atomic E-state index is 12.4. The zero-order chi connectivity index (χ0) is 37.5. The predicted molar refractivity (Wildman–Crippen MR) is 212 cm³/mol. The van der Waals surface area contributed by atoms with Crippen molar-refractivity contribution in [2.75, 3.05) is 13.2 Å². The summed E-state index contributed by atoms with van der Waals surface area (Å²) in [5.41, 5.74) is 0. The molecule has 0 bridgehead atoms. The molecule has 0 aromatic heterocycles. The van der Waals surface area contributed by atoms with Crippen molar-refractivity contribution in [1.82, 2.24) is 0 Å². The van der Waals surface area contributed by atoms with Crippen LogP contribution in [0.1, 0.15) is 213 Å². The summed E-state index contributed by atoms with van der Waals surface area (Å²) in [6.07, 6.45) is 43.2. The summed E-state index contributed by atoms with van der Waals surface area (Å²) in [6.45, 7) is 3.67. The molecule has 0 unspecified atom stereocenters. The molecule has 0 rings (SSSR count). The van der Waals surface area contributed by atoms with Gasteiger partial charge in [-0.3, -0.25) is 14.1 Å². The van der Waals surface area contributed by atoms with Crippen molar-refractivity contribution in [3.8, 4) is 0 Å². The summed E-state index contributed by atoms with van der Waals surface area (Å²) in [5.74, 6) is -0.885. The highest BCUT2D eigenvalue weighted by atomic mass is 31.2. The number of carbonyl (C=O) groups is 2. The largest absolute Gasteiger partial charge is 0.469 e. The van der Waals surface area contributed by atoms with E-state index in [-0.39, 0.29) is 19.4 Å². The molecule has 0 fully saturated rings. The first-order chi connectivity index (χ1) is 24.8. The second-order valence-electron chi connectivity index (χ2n) is 14.3. The molecule has 51 heavy (non-hydrogen) atoms. The number of esters is 2. The molecule has 9 heteroatoms. The molecule has 0 saturated heterocycles. The van der Waals surface area contributed by atoms with Crippen LogP contribution >= 0.6 is 7.82 Å². The summed E-state index contributed by atoms with van der Waals surface area (Å²) in [5, 5.41) is 0. The molecule has 0 aliphatic rings. The van der Waals surface area contributed by atoms with Crippen molar-refractivity contribution in [3.05, 3.63) is 24.3 Å². The molecule has 1 atom stereocenters. The van der Waals surface area contributed by atoms with Crippen molar-refractivity contribution in [2.45, 2.75) is 219 Å². The molecule has 0 aromatic carbocycles. The van der Waals surface area contributed by atoms with Crippen LogP contribution < -0.4 is 0 Å². The number of rotatable bonds is 39. The number of allylic oxidation sites excluding steroid dienone is 4.